The average molecular weight is 372 g/mol. The molecule has 26 heavy (non-hydrogen) atoms. The monoisotopic (exact) mass is 372 g/mol. The van der Waals surface area contributed by atoms with Crippen molar-refractivity contribution in [2.45, 2.75) is 30.2 Å². The molecule has 0 spiro atoms. The minimum absolute atomic E-state index is 0.0184. The van der Waals surface area contributed by atoms with Gasteiger partial charge in [-0.05, 0) is 62.8 Å². The second-order valence-corrected chi connectivity index (χ2v) is 9.08. The summed E-state index contributed by atoms with van der Waals surface area (Å²) in [5.41, 5.74) is 3.15. The van der Waals surface area contributed by atoms with Crippen molar-refractivity contribution in [3.8, 4) is 5.75 Å². The van der Waals surface area contributed by atoms with Crippen molar-refractivity contribution in [1.29, 1.82) is 0 Å². The number of nitrogens with zero attached hydrogens (tertiary/aromatic N) is 2. The zero-order valence-electron chi connectivity index (χ0n) is 15.3. The summed E-state index contributed by atoms with van der Waals surface area (Å²) in [4.78, 5) is 2.60. The third-order valence-electron chi connectivity index (χ3n) is 5.52. The van der Waals surface area contributed by atoms with E-state index in [1.165, 1.54) is 5.56 Å². The van der Waals surface area contributed by atoms with Gasteiger partial charge in [-0.25, -0.2) is 8.42 Å². The lowest BCUT2D eigenvalue weighted by Crippen LogP contribution is -2.47. The predicted molar refractivity (Wildman–Crippen MR) is 102 cm³/mol. The molecule has 1 saturated heterocycles. The first kappa shape index (κ1) is 17.4. The fourth-order valence-electron chi connectivity index (χ4n) is 4.21. The van der Waals surface area contributed by atoms with Gasteiger partial charge >= 0.3 is 0 Å². The molecule has 0 saturated carbocycles. The molecule has 4 rings (SSSR count). The van der Waals surface area contributed by atoms with Crippen molar-refractivity contribution in [2.75, 3.05) is 31.6 Å². The van der Waals surface area contributed by atoms with Crippen LogP contribution in [0, 0.1) is 6.92 Å². The number of fused-ring (bicyclic) bond motifs is 3. The zero-order chi connectivity index (χ0) is 18.5. The Morgan fingerprint density at radius 3 is 2.54 bits per heavy atom. The van der Waals surface area contributed by atoms with Gasteiger partial charge in [0.1, 0.15) is 5.75 Å². The Labute approximate surface area is 155 Å². The molecule has 2 aliphatic heterocycles. The fourth-order valence-corrected chi connectivity index (χ4v) is 5.95. The largest absolute Gasteiger partial charge is 0.497 e. The number of aryl methyl sites for hydroxylation is 1. The maximum absolute atomic E-state index is 13.5. The highest BCUT2D eigenvalue weighted by atomic mass is 32.2. The number of sulfonamides is 1. The topological polar surface area (TPSA) is 49.9 Å². The second-order valence-electron chi connectivity index (χ2n) is 7.26. The number of ether oxygens (including phenoxy) is 1. The van der Waals surface area contributed by atoms with E-state index < -0.39 is 10.0 Å². The van der Waals surface area contributed by atoms with Crippen molar-refractivity contribution in [3.05, 3.63) is 53.6 Å². The molecule has 2 aliphatic rings. The van der Waals surface area contributed by atoms with E-state index >= 15 is 0 Å². The number of rotatable bonds is 3. The standard InChI is InChI=1S/C20H24N2O3S/c1-14-4-9-19-17(12-14)18-13-21(2)11-10-20(18)22(19)26(23,24)16-7-5-15(25-3)6-8-16/h4-9,12,18,20H,10-11,13H2,1-3H3/t18-,20-/m1/s1. The predicted octanol–water partition coefficient (Wildman–Crippen LogP) is 3.00. The summed E-state index contributed by atoms with van der Waals surface area (Å²) in [5, 5.41) is 0. The van der Waals surface area contributed by atoms with Crippen molar-refractivity contribution >= 4 is 15.7 Å². The van der Waals surface area contributed by atoms with Crippen LogP contribution in [0.3, 0.4) is 0 Å². The first-order valence-corrected chi connectivity index (χ1v) is 10.3. The Kier molecular flexibility index (Phi) is 4.20. The van der Waals surface area contributed by atoms with Gasteiger partial charge in [-0.1, -0.05) is 17.7 Å². The maximum atomic E-state index is 13.5. The lowest BCUT2D eigenvalue weighted by molar-refractivity contribution is 0.237. The number of anilines is 1. The minimum atomic E-state index is -3.62. The van der Waals surface area contributed by atoms with Crippen molar-refractivity contribution in [1.82, 2.24) is 4.90 Å². The van der Waals surface area contributed by atoms with Crippen LogP contribution >= 0.6 is 0 Å². The highest BCUT2D eigenvalue weighted by Gasteiger charge is 2.46. The number of likely N-dealkylation sites (N-methyl/N-ethyl adjacent to an activating group) is 1. The molecule has 0 N–H and O–H groups in total. The smallest absolute Gasteiger partial charge is 0.264 e. The van der Waals surface area contributed by atoms with Gasteiger partial charge in [0.2, 0.25) is 0 Å². The van der Waals surface area contributed by atoms with Crippen LogP contribution in [0.4, 0.5) is 5.69 Å². The van der Waals surface area contributed by atoms with Crippen LogP contribution in [-0.4, -0.2) is 46.6 Å². The van der Waals surface area contributed by atoms with Crippen LogP contribution in [-0.2, 0) is 10.0 Å². The molecule has 0 aromatic heterocycles. The molecule has 6 heteroatoms. The Morgan fingerprint density at radius 2 is 1.85 bits per heavy atom. The molecule has 138 valence electrons. The summed E-state index contributed by atoms with van der Waals surface area (Å²) < 4.78 is 33.8. The van der Waals surface area contributed by atoms with Gasteiger partial charge in [-0.2, -0.15) is 0 Å². The summed E-state index contributed by atoms with van der Waals surface area (Å²) in [7, 11) is 0.0600. The van der Waals surface area contributed by atoms with Gasteiger partial charge in [0.05, 0.1) is 23.7 Å². The molecule has 1 fully saturated rings. The van der Waals surface area contributed by atoms with E-state index in [1.54, 1.807) is 35.7 Å². The van der Waals surface area contributed by atoms with Gasteiger partial charge in [0.25, 0.3) is 10.0 Å². The third kappa shape index (κ3) is 2.68. The number of methoxy groups -OCH3 is 1. The Hall–Kier alpha value is -2.05. The highest BCUT2D eigenvalue weighted by Crippen LogP contribution is 2.47. The SMILES string of the molecule is COc1ccc(S(=O)(=O)N2c3ccc(C)cc3[C@H]3CN(C)CC[C@H]32)cc1. The van der Waals surface area contributed by atoms with E-state index in [-0.39, 0.29) is 12.0 Å². The fraction of sp³-hybridized carbons (Fsp3) is 0.400. The van der Waals surface area contributed by atoms with Crippen molar-refractivity contribution in [2.24, 2.45) is 0 Å². The lowest BCUT2D eigenvalue weighted by atomic mass is 9.89. The minimum Gasteiger partial charge on any atom is -0.497 e. The van der Waals surface area contributed by atoms with E-state index in [0.717, 1.165) is 30.8 Å². The Balaban J connectivity index is 1.82. The molecule has 0 amide bonds. The van der Waals surface area contributed by atoms with Crippen LogP contribution in [0.25, 0.3) is 0 Å². The molecule has 2 aromatic carbocycles. The van der Waals surface area contributed by atoms with Gasteiger partial charge in [0.15, 0.2) is 0 Å². The summed E-state index contributed by atoms with van der Waals surface area (Å²) in [6.07, 6.45) is 0.838. The van der Waals surface area contributed by atoms with Gasteiger partial charge < -0.3 is 9.64 Å². The number of hydrogen-bond acceptors (Lipinski definition) is 4. The first-order chi connectivity index (χ1) is 12.4. The van der Waals surface area contributed by atoms with Crippen LogP contribution in [0.15, 0.2) is 47.4 Å². The van der Waals surface area contributed by atoms with E-state index in [9.17, 15) is 8.42 Å². The number of hydrogen-bond donors (Lipinski definition) is 0. The van der Waals surface area contributed by atoms with Crippen LogP contribution in [0.5, 0.6) is 5.75 Å². The highest BCUT2D eigenvalue weighted by molar-refractivity contribution is 7.92. The summed E-state index contributed by atoms with van der Waals surface area (Å²) in [6, 6.07) is 12.7. The summed E-state index contributed by atoms with van der Waals surface area (Å²) in [6.45, 7) is 3.85. The maximum Gasteiger partial charge on any atom is 0.264 e. The van der Waals surface area contributed by atoms with Gasteiger partial charge in [-0.15, -0.1) is 0 Å². The van der Waals surface area contributed by atoms with Crippen molar-refractivity contribution < 1.29 is 13.2 Å². The molecule has 2 aromatic rings. The molecule has 0 aliphatic carbocycles. The number of likely N-dealkylation sites (tertiary alicyclic amines) is 1. The van der Waals surface area contributed by atoms with Crippen molar-refractivity contribution in [3.63, 3.8) is 0 Å². The normalized spacial score (nSPS) is 22.8. The molecule has 5 nitrogen and oxygen atoms in total. The molecular weight excluding hydrogens is 348 g/mol. The van der Waals surface area contributed by atoms with E-state index in [0.29, 0.717) is 10.6 Å². The van der Waals surface area contributed by atoms with Gasteiger partial charge in [0, 0.05) is 12.5 Å². The quantitative estimate of drug-likeness (QED) is 0.831. The molecular formula is C20H24N2O3S. The van der Waals surface area contributed by atoms with Crippen LogP contribution in [0.1, 0.15) is 23.5 Å². The van der Waals surface area contributed by atoms with Gasteiger partial charge in [-0.3, -0.25) is 4.31 Å². The molecule has 0 radical (unpaired) electrons. The van der Waals surface area contributed by atoms with E-state index in [4.69, 9.17) is 4.74 Å². The van der Waals surface area contributed by atoms with E-state index in [1.807, 2.05) is 12.1 Å². The number of benzene rings is 2. The third-order valence-corrected chi connectivity index (χ3v) is 7.37. The molecule has 0 unspecified atom stereocenters. The first-order valence-electron chi connectivity index (χ1n) is 8.89. The average Bonchev–Trinajstić information content (AvgIpc) is 2.95. The molecule has 2 atom stereocenters. The second kappa shape index (κ2) is 6.28. The van der Waals surface area contributed by atoms with Crippen LogP contribution in [0.2, 0.25) is 0 Å². The van der Waals surface area contributed by atoms with Crippen LogP contribution < -0.4 is 9.04 Å². The summed E-state index contributed by atoms with van der Waals surface area (Å²) >= 11 is 0. The Bertz CT molecular complexity index is 925. The molecule has 0 bridgehead atoms. The number of piperidine rings is 1. The molecule has 2 heterocycles. The lowest BCUT2D eigenvalue weighted by Gasteiger charge is -2.36. The summed E-state index contributed by atoms with van der Waals surface area (Å²) in [5.74, 6) is 0.871. The zero-order valence-corrected chi connectivity index (χ0v) is 16.2. The van der Waals surface area contributed by atoms with E-state index in [2.05, 4.69) is 24.9 Å². The Morgan fingerprint density at radius 1 is 1.12 bits per heavy atom.